The smallest absolute Gasteiger partial charge is 0.268 e. The molecule has 2 aromatic rings. The average molecular weight is 376 g/mol. The van der Waals surface area contributed by atoms with Crippen LogP contribution >= 0.6 is 11.3 Å². The zero-order valence-corrected chi connectivity index (χ0v) is 15.9. The monoisotopic (exact) mass is 375 g/mol. The molecule has 0 atom stereocenters. The Bertz CT molecular complexity index is 742. The predicted octanol–water partition coefficient (Wildman–Crippen LogP) is 1.16. The number of hydrazine groups is 1. The summed E-state index contributed by atoms with van der Waals surface area (Å²) in [5.41, 5.74) is 7.72. The van der Waals surface area contributed by atoms with Crippen LogP contribution in [-0.4, -0.2) is 32.6 Å². The van der Waals surface area contributed by atoms with E-state index in [1.165, 1.54) is 11.2 Å². The fourth-order valence-electron chi connectivity index (χ4n) is 2.20. The van der Waals surface area contributed by atoms with Crippen LogP contribution in [0.3, 0.4) is 0 Å². The minimum absolute atomic E-state index is 0.0762. The molecule has 26 heavy (non-hydrogen) atoms. The summed E-state index contributed by atoms with van der Waals surface area (Å²) >= 11 is 1.61. The van der Waals surface area contributed by atoms with Crippen LogP contribution in [0.15, 0.2) is 30.2 Å². The highest BCUT2D eigenvalue weighted by atomic mass is 32.1. The van der Waals surface area contributed by atoms with E-state index in [9.17, 15) is 4.79 Å². The predicted molar refractivity (Wildman–Crippen MR) is 102 cm³/mol. The summed E-state index contributed by atoms with van der Waals surface area (Å²) in [6, 6.07) is 3.81. The molecule has 0 radical (unpaired) electrons. The average Bonchev–Trinajstić information content (AvgIpc) is 3.03. The molecule has 0 saturated carbocycles. The Kier molecular flexibility index (Phi) is 7.49. The van der Waals surface area contributed by atoms with Crippen LogP contribution in [0.1, 0.15) is 34.1 Å². The van der Waals surface area contributed by atoms with Gasteiger partial charge in [-0.15, -0.1) is 21.5 Å². The fourth-order valence-corrected chi connectivity index (χ4v) is 2.95. The Morgan fingerprint density at radius 2 is 2.12 bits per heavy atom. The molecule has 2 rings (SSSR count). The topological polar surface area (TPSA) is 123 Å². The van der Waals surface area contributed by atoms with E-state index in [1.54, 1.807) is 17.5 Å². The molecule has 0 aliphatic carbocycles. The van der Waals surface area contributed by atoms with E-state index in [1.807, 2.05) is 26.0 Å². The highest BCUT2D eigenvalue weighted by Gasteiger charge is 2.07. The zero-order valence-electron chi connectivity index (χ0n) is 15.1. The molecule has 1 amide bonds. The molecule has 5 N–H and O–H groups in total. The number of nitrogens with zero attached hydrogens (tertiary/aromatic N) is 4. The van der Waals surface area contributed by atoms with Crippen molar-refractivity contribution < 1.29 is 4.79 Å². The SMILES string of the molecule is Cc1ccc(CNC(=O)/C(N)=C/N(N)CCCCc2nnc(C)s2)cn1. The molecule has 140 valence electrons. The lowest BCUT2D eigenvalue weighted by Crippen LogP contribution is -2.33. The first-order valence-corrected chi connectivity index (χ1v) is 9.23. The molecule has 0 spiro atoms. The van der Waals surface area contributed by atoms with Crippen molar-refractivity contribution in [2.24, 2.45) is 11.6 Å². The normalized spacial score (nSPS) is 11.4. The lowest BCUT2D eigenvalue weighted by atomic mass is 10.2. The molecule has 0 unspecified atom stereocenters. The van der Waals surface area contributed by atoms with Gasteiger partial charge >= 0.3 is 0 Å². The molecule has 0 saturated heterocycles. The molecular formula is C17H25N7OS. The number of nitrogens with one attached hydrogen (secondary N) is 1. The van der Waals surface area contributed by atoms with Gasteiger partial charge in [0.15, 0.2) is 0 Å². The first-order valence-electron chi connectivity index (χ1n) is 8.41. The maximum atomic E-state index is 12.0. The van der Waals surface area contributed by atoms with Gasteiger partial charge in [-0.2, -0.15) is 0 Å². The van der Waals surface area contributed by atoms with Gasteiger partial charge in [-0.05, 0) is 38.3 Å². The van der Waals surface area contributed by atoms with E-state index in [-0.39, 0.29) is 11.6 Å². The number of carbonyl (C=O) groups excluding carboxylic acids is 1. The maximum absolute atomic E-state index is 12.0. The summed E-state index contributed by atoms with van der Waals surface area (Å²) in [4.78, 5) is 16.2. The summed E-state index contributed by atoms with van der Waals surface area (Å²) in [5, 5.41) is 14.3. The third-order valence-corrected chi connectivity index (χ3v) is 4.52. The van der Waals surface area contributed by atoms with Crippen LogP contribution in [0.5, 0.6) is 0 Å². The number of aromatic nitrogens is 3. The van der Waals surface area contributed by atoms with Crippen LogP contribution in [0.4, 0.5) is 0 Å². The van der Waals surface area contributed by atoms with Crippen molar-refractivity contribution in [2.45, 2.75) is 39.7 Å². The zero-order chi connectivity index (χ0) is 18.9. The minimum atomic E-state index is -0.356. The number of pyridine rings is 1. The highest BCUT2D eigenvalue weighted by Crippen LogP contribution is 2.11. The van der Waals surface area contributed by atoms with Crippen LogP contribution in [0.2, 0.25) is 0 Å². The van der Waals surface area contributed by atoms with Crippen molar-refractivity contribution in [3.05, 3.63) is 51.5 Å². The quantitative estimate of drug-likeness (QED) is 0.260. The van der Waals surface area contributed by atoms with Gasteiger partial charge in [-0.25, -0.2) is 5.84 Å². The van der Waals surface area contributed by atoms with Crippen molar-refractivity contribution in [1.82, 2.24) is 25.5 Å². The van der Waals surface area contributed by atoms with Gasteiger partial charge in [0.25, 0.3) is 5.91 Å². The second kappa shape index (κ2) is 9.83. The number of amides is 1. The van der Waals surface area contributed by atoms with Crippen LogP contribution in [0.25, 0.3) is 0 Å². The molecule has 0 aliphatic heterocycles. The van der Waals surface area contributed by atoms with Crippen LogP contribution in [0, 0.1) is 13.8 Å². The number of hydrogen-bond acceptors (Lipinski definition) is 8. The first kappa shape index (κ1) is 19.8. The standard InChI is InChI=1S/C17H25N7OS/c1-12-6-7-14(9-20-12)10-21-17(25)15(18)11-24(19)8-4-3-5-16-23-22-13(2)26-16/h6-7,9,11H,3-5,8,10,18-19H2,1-2H3,(H,21,25)/b15-11-. The molecular weight excluding hydrogens is 350 g/mol. The third-order valence-electron chi connectivity index (χ3n) is 3.62. The Morgan fingerprint density at radius 1 is 1.31 bits per heavy atom. The Balaban J connectivity index is 1.69. The van der Waals surface area contributed by atoms with Crippen LogP contribution < -0.4 is 16.9 Å². The van der Waals surface area contributed by atoms with E-state index < -0.39 is 0 Å². The lowest BCUT2D eigenvalue weighted by Gasteiger charge is -2.14. The van der Waals surface area contributed by atoms with Crippen molar-refractivity contribution in [3.8, 4) is 0 Å². The van der Waals surface area contributed by atoms with Gasteiger partial charge in [0.2, 0.25) is 0 Å². The summed E-state index contributed by atoms with van der Waals surface area (Å²) < 4.78 is 0. The summed E-state index contributed by atoms with van der Waals surface area (Å²) in [5.74, 6) is 5.53. The number of nitrogens with two attached hydrogens (primary N) is 2. The summed E-state index contributed by atoms with van der Waals surface area (Å²) in [6.07, 6.45) is 5.88. The summed E-state index contributed by atoms with van der Waals surface area (Å²) in [7, 11) is 0. The molecule has 0 fully saturated rings. The van der Waals surface area contributed by atoms with E-state index in [4.69, 9.17) is 11.6 Å². The van der Waals surface area contributed by atoms with Gasteiger partial charge in [0, 0.05) is 37.6 Å². The first-order chi connectivity index (χ1) is 12.4. The second-order valence-corrected chi connectivity index (χ2v) is 7.25. The Morgan fingerprint density at radius 3 is 2.77 bits per heavy atom. The molecule has 0 aromatic carbocycles. The Labute approximate surface area is 157 Å². The minimum Gasteiger partial charge on any atom is -0.393 e. The van der Waals surface area contributed by atoms with Crippen molar-refractivity contribution in [1.29, 1.82) is 0 Å². The molecule has 2 heterocycles. The van der Waals surface area contributed by atoms with Crippen molar-refractivity contribution in [2.75, 3.05) is 6.54 Å². The Hall–Kier alpha value is -2.52. The number of aryl methyl sites for hydroxylation is 3. The van der Waals surface area contributed by atoms with Gasteiger partial charge in [-0.1, -0.05) is 6.07 Å². The van der Waals surface area contributed by atoms with Gasteiger partial charge in [0.05, 0.1) is 0 Å². The second-order valence-electron chi connectivity index (χ2n) is 5.98. The number of carbonyl (C=O) groups is 1. The van der Waals surface area contributed by atoms with Crippen molar-refractivity contribution >= 4 is 17.2 Å². The molecule has 0 aliphatic rings. The molecule has 2 aromatic heterocycles. The van der Waals surface area contributed by atoms with Crippen molar-refractivity contribution in [3.63, 3.8) is 0 Å². The highest BCUT2D eigenvalue weighted by molar-refractivity contribution is 7.11. The number of unbranched alkanes of at least 4 members (excludes halogenated alkanes) is 1. The maximum Gasteiger partial charge on any atom is 0.268 e. The third kappa shape index (κ3) is 6.77. The van der Waals surface area contributed by atoms with Crippen LogP contribution in [-0.2, 0) is 17.8 Å². The van der Waals surface area contributed by atoms with Gasteiger partial charge in [-0.3, -0.25) is 9.78 Å². The van der Waals surface area contributed by atoms with E-state index in [0.717, 1.165) is 40.5 Å². The van der Waals surface area contributed by atoms with E-state index >= 15 is 0 Å². The lowest BCUT2D eigenvalue weighted by molar-refractivity contribution is -0.117. The fraction of sp³-hybridized carbons (Fsp3) is 0.412. The molecule has 9 heteroatoms. The summed E-state index contributed by atoms with van der Waals surface area (Å²) in [6.45, 7) is 4.82. The number of rotatable bonds is 9. The molecule has 8 nitrogen and oxygen atoms in total. The van der Waals surface area contributed by atoms with Gasteiger partial charge in [0.1, 0.15) is 15.7 Å². The van der Waals surface area contributed by atoms with E-state index in [0.29, 0.717) is 13.1 Å². The van der Waals surface area contributed by atoms with Gasteiger partial charge < -0.3 is 16.1 Å². The number of hydrogen-bond donors (Lipinski definition) is 3. The molecule has 0 bridgehead atoms. The largest absolute Gasteiger partial charge is 0.393 e. The van der Waals surface area contributed by atoms with E-state index in [2.05, 4.69) is 20.5 Å².